The number of carbonyl (C=O) groups excluding carboxylic acids is 1. The topological polar surface area (TPSA) is 99.5 Å². The first-order chi connectivity index (χ1) is 11.6. The summed E-state index contributed by atoms with van der Waals surface area (Å²) in [5.41, 5.74) is 1.11. The SMILES string of the molecule is O=C(NCC1CCCC1O)c1cnn2c1[nH]c(=O)c1ccccc12. The molecule has 1 amide bonds. The van der Waals surface area contributed by atoms with E-state index in [1.54, 1.807) is 22.7 Å². The Balaban J connectivity index is 1.67. The van der Waals surface area contributed by atoms with Crippen molar-refractivity contribution >= 4 is 22.5 Å². The van der Waals surface area contributed by atoms with E-state index < -0.39 is 0 Å². The molecule has 2 atom stereocenters. The van der Waals surface area contributed by atoms with Gasteiger partial charge < -0.3 is 15.4 Å². The zero-order valence-corrected chi connectivity index (χ0v) is 13.0. The maximum Gasteiger partial charge on any atom is 0.259 e. The van der Waals surface area contributed by atoms with E-state index in [1.807, 2.05) is 6.07 Å². The molecule has 24 heavy (non-hydrogen) atoms. The second kappa shape index (κ2) is 5.76. The number of para-hydroxylation sites is 1. The number of aliphatic hydroxyl groups is 1. The zero-order valence-electron chi connectivity index (χ0n) is 13.0. The first kappa shape index (κ1) is 14.9. The van der Waals surface area contributed by atoms with Crippen LogP contribution in [0, 0.1) is 5.92 Å². The number of hydrogen-bond acceptors (Lipinski definition) is 4. The fourth-order valence-electron chi connectivity index (χ4n) is 3.42. The predicted octanol–water partition coefficient (Wildman–Crippen LogP) is 1.07. The number of nitrogens with zero attached hydrogens (tertiary/aromatic N) is 2. The summed E-state index contributed by atoms with van der Waals surface area (Å²) in [4.78, 5) is 27.4. The van der Waals surface area contributed by atoms with Crippen LogP contribution < -0.4 is 10.9 Å². The number of carbonyl (C=O) groups is 1. The number of H-pyrrole nitrogens is 1. The van der Waals surface area contributed by atoms with Gasteiger partial charge in [-0.15, -0.1) is 0 Å². The molecule has 2 aromatic heterocycles. The van der Waals surface area contributed by atoms with E-state index >= 15 is 0 Å². The first-order valence-corrected chi connectivity index (χ1v) is 8.10. The van der Waals surface area contributed by atoms with Crippen LogP contribution in [0.3, 0.4) is 0 Å². The second-order valence-corrected chi connectivity index (χ2v) is 6.26. The molecule has 0 aliphatic heterocycles. The van der Waals surface area contributed by atoms with Crippen molar-refractivity contribution in [2.75, 3.05) is 6.54 Å². The van der Waals surface area contributed by atoms with Gasteiger partial charge in [0.05, 0.1) is 23.2 Å². The van der Waals surface area contributed by atoms with Crippen LogP contribution in [0.4, 0.5) is 0 Å². The van der Waals surface area contributed by atoms with E-state index in [-0.39, 0.29) is 23.5 Å². The van der Waals surface area contributed by atoms with Gasteiger partial charge in [0.2, 0.25) is 0 Å². The molecule has 4 rings (SSSR count). The molecule has 1 saturated carbocycles. The van der Waals surface area contributed by atoms with Crippen molar-refractivity contribution in [3.05, 3.63) is 46.4 Å². The van der Waals surface area contributed by atoms with Gasteiger partial charge in [-0.1, -0.05) is 18.6 Å². The molecule has 0 bridgehead atoms. The van der Waals surface area contributed by atoms with Gasteiger partial charge in [0.25, 0.3) is 11.5 Å². The van der Waals surface area contributed by atoms with Gasteiger partial charge in [-0.25, -0.2) is 4.52 Å². The smallest absolute Gasteiger partial charge is 0.259 e. The molecular formula is C17H18N4O3. The number of benzene rings is 1. The first-order valence-electron chi connectivity index (χ1n) is 8.10. The molecule has 7 nitrogen and oxygen atoms in total. The third kappa shape index (κ3) is 2.37. The van der Waals surface area contributed by atoms with Crippen molar-refractivity contribution in [2.45, 2.75) is 25.4 Å². The van der Waals surface area contributed by atoms with E-state index in [2.05, 4.69) is 15.4 Å². The molecule has 1 aromatic carbocycles. The number of nitrogens with one attached hydrogen (secondary N) is 2. The molecular weight excluding hydrogens is 308 g/mol. The lowest BCUT2D eigenvalue weighted by Crippen LogP contribution is -2.32. The highest BCUT2D eigenvalue weighted by Gasteiger charge is 2.26. The van der Waals surface area contributed by atoms with Crippen LogP contribution in [-0.4, -0.2) is 38.3 Å². The van der Waals surface area contributed by atoms with E-state index in [9.17, 15) is 14.7 Å². The van der Waals surface area contributed by atoms with Crippen molar-refractivity contribution in [3.63, 3.8) is 0 Å². The van der Waals surface area contributed by atoms with Crippen LogP contribution >= 0.6 is 0 Å². The summed E-state index contributed by atoms with van der Waals surface area (Å²) in [5.74, 6) is -0.203. The van der Waals surface area contributed by atoms with E-state index in [0.717, 1.165) is 19.3 Å². The Labute approximate surface area is 137 Å². The average Bonchev–Trinajstić information content (AvgIpc) is 3.19. The highest BCUT2D eigenvalue weighted by atomic mass is 16.3. The van der Waals surface area contributed by atoms with Crippen LogP contribution in [0.5, 0.6) is 0 Å². The summed E-state index contributed by atoms with van der Waals surface area (Å²) in [6.07, 6.45) is 3.79. The van der Waals surface area contributed by atoms with Gasteiger partial charge in [0, 0.05) is 12.5 Å². The number of hydrogen-bond donors (Lipinski definition) is 3. The molecule has 0 radical (unpaired) electrons. The van der Waals surface area contributed by atoms with Crippen molar-refractivity contribution in [1.29, 1.82) is 0 Å². The Morgan fingerprint density at radius 1 is 1.38 bits per heavy atom. The fourth-order valence-corrected chi connectivity index (χ4v) is 3.42. The third-order valence-electron chi connectivity index (χ3n) is 4.77. The summed E-state index contributed by atoms with van der Waals surface area (Å²) in [6, 6.07) is 7.12. The van der Waals surface area contributed by atoms with E-state index in [1.165, 1.54) is 6.20 Å². The van der Waals surface area contributed by atoms with Gasteiger partial charge in [0.15, 0.2) is 0 Å². The van der Waals surface area contributed by atoms with Crippen LogP contribution in [0.25, 0.3) is 16.6 Å². The largest absolute Gasteiger partial charge is 0.393 e. The third-order valence-corrected chi connectivity index (χ3v) is 4.77. The lowest BCUT2D eigenvalue weighted by Gasteiger charge is -2.14. The van der Waals surface area contributed by atoms with Gasteiger partial charge in [-0.3, -0.25) is 9.59 Å². The molecule has 7 heteroatoms. The Kier molecular flexibility index (Phi) is 3.57. The fraction of sp³-hybridized carbons (Fsp3) is 0.353. The van der Waals surface area contributed by atoms with E-state index in [0.29, 0.717) is 28.7 Å². The minimum absolute atomic E-state index is 0.0932. The van der Waals surface area contributed by atoms with Crippen LogP contribution in [-0.2, 0) is 0 Å². The highest BCUT2D eigenvalue weighted by Crippen LogP contribution is 2.24. The Morgan fingerprint density at radius 3 is 3.00 bits per heavy atom. The molecule has 2 unspecified atom stereocenters. The van der Waals surface area contributed by atoms with Crippen molar-refractivity contribution in [3.8, 4) is 0 Å². The van der Waals surface area contributed by atoms with Gasteiger partial charge in [-0.05, 0) is 25.0 Å². The minimum Gasteiger partial charge on any atom is -0.393 e. The van der Waals surface area contributed by atoms with Gasteiger partial charge in [-0.2, -0.15) is 5.10 Å². The molecule has 0 saturated heterocycles. The monoisotopic (exact) mass is 326 g/mol. The maximum atomic E-state index is 12.5. The second-order valence-electron chi connectivity index (χ2n) is 6.26. The lowest BCUT2D eigenvalue weighted by atomic mass is 10.1. The summed E-state index contributed by atoms with van der Waals surface area (Å²) in [5, 5.41) is 17.4. The predicted molar refractivity (Wildman–Crippen MR) is 89.0 cm³/mol. The average molecular weight is 326 g/mol. The summed E-state index contributed by atoms with van der Waals surface area (Å²) in [6.45, 7) is 0.426. The van der Waals surface area contributed by atoms with Crippen LogP contribution in [0.1, 0.15) is 29.6 Å². The highest BCUT2D eigenvalue weighted by molar-refractivity contribution is 6.00. The standard InChI is InChI=1S/C17H18N4O3/c22-14-7-3-4-10(14)8-18-16(23)12-9-19-21-13-6-2-1-5-11(13)17(24)20-15(12)21/h1-2,5-6,9-10,14,22H,3-4,7-8H2,(H,18,23)(H,20,24). The zero-order chi connectivity index (χ0) is 16.7. The minimum atomic E-state index is -0.349. The summed E-state index contributed by atoms with van der Waals surface area (Å²) < 4.78 is 1.57. The molecule has 1 aliphatic carbocycles. The molecule has 1 aliphatic rings. The number of amides is 1. The molecule has 3 N–H and O–H groups in total. The Bertz CT molecular complexity index is 975. The van der Waals surface area contributed by atoms with Gasteiger partial charge in [0.1, 0.15) is 11.2 Å². The molecule has 1 fully saturated rings. The van der Waals surface area contributed by atoms with Crippen LogP contribution in [0.2, 0.25) is 0 Å². The van der Waals surface area contributed by atoms with Gasteiger partial charge >= 0.3 is 0 Å². The normalized spacial score (nSPS) is 20.7. The summed E-state index contributed by atoms with van der Waals surface area (Å²) in [7, 11) is 0. The molecule has 0 spiro atoms. The Hall–Kier alpha value is -2.67. The molecule has 124 valence electrons. The number of rotatable bonds is 3. The van der Waals surface area contributed by atoms with Crippen LogP contribution in [0.15, 0.2) is 35.3 Å². The van der Waals surface area contributed by atoms with Crippen molar-refractivity contribution in [1.82, 2.24) is 19.9 Å². The maximum absolute atomic E-state index is 12.5. The lowest BCUT2D eigenvalue weighted by molar-refractivity contribution is 0.0918. The molecule has 3 aromatic rings. The number of aromatic amines is 1. The number of aromatic nitrogens is 3. The molecule has 2 heterocycles. The number of fused-ring (bicyclic) bond motifs is 3. The summed E-state index contributed by atoms with van der Waals surface area (Å²) >= 11 is 0. The number of aliphatic hydroxyl groups excluding tert-OH is 1. The van der Waals surface area contributed by atoms with E-state index in [4.69, 9.17) is 0 Å². The Morgan fingerprint density at radius 2 is 2.21 bits per heavy atom. The van der Waals surface area contributed by atoms with Crippen molar-refractivity contribution in [2.24, 2.45) is 5.92 Å². The van der Waals surface area contributed by atoms with Crippen molar-refractivity contribution < 1.29 is 9.90 Å². The quantitative estimate of drug-likeness (QED) is 0.670.